The topological polar surface area (TPSA) is 115 Å². The zero-order valence-electron chi connectivity index (χ0n) is 11.8. The molecule has 3 rings (SSSR count). The fourth-order valence-corrected chi connectivity index (χ4v) is 3.67. The van der Waals surface area contributed by atoms with Gasteiger partial charge < -0.3 is 5.32 Å². The van der Waals surface area contributed by atoms with Gasteiger partial charge in [0.25, 0.3) is 0 Å². The third kappa shape index (κ3) is 3.00. The Kier molecular flexibility index (Phi) is 4.21. The number of anilines is 1. The molecule has 0 unspecified atom stereocenters. The van der Waals surface area contributed by atoms with E-state index in [0.717, 1.165) is 16.2 Å². The van der Waals surface area contributed by atoms with E-state index in [9.17, 15) is 14.9 Å². The van der Waals surface area contributed by atoms with E-state index in [-0.39, 0.29) is 5.03 Å². The molecule has 3 aromatic rings. The Hall–Kier alpha value is -2.53. The molecule has 0 radical (unpaired) electrons. The van der Waals surface area contributed by atoms with Crippen LogP contribution in [0, 0.1) is 10.1 Å². The Labute approximate surface area is 137 Å². The van der Waals surface area contributed by atoms with Gasteiger partial charge in [0.1, 0.15) is 5.65 Å². The van der Waals surface area contributed by atoms with Crippen molar-refractivity contribution >= 4 is 39.6 Å². The summed E-state index contributed by atoms with van der Waals surface area (Å²) in [5, 5.41) is 22.7. The van der Waals surface area contributed by atoms with Crippen LogP contribution < -0.4 is 10.9 Å². The first-order valence-electron chi connectivity index (χ1n) is 6.51. The van der Waals surface area contributed by atoms with E-state index in [4.69, 9.17) is 0 Å². The molecule has 0 saturated heterocycles. The molecule has 0 aromatic carbocycles. The lowest BCUT2D eigenvalue weighted by Gasteiger charge is -2.03. The highest BCUT2D eigenvalue weighted by molar-refractivity contribution is 8.01. The highest BCUT2D eigenvalue weighted by Gasteiger charge is 2.25. The van der Waals surface area contributed by atoms with E-state index < -0.39 is 16.2 Å². The minimum Gasteiger partial charge on any atom is -0.360 e. The molecule has 0 fully saturated rings. The molecular formula is C12H10N6O3S2. The van der Waals surface area contributed by atoms with Gasteiger partial charge in [-0.1, -0.05) is 17.4 Å². The highest BCUT2D eigenvalue weighted by Crippen LogP contribution is 2.34. The Balaban J connectivity index is 2.09. The standard InChI is InChI=1S/C12H10N6O3S2/c1-2-13-11-15-16-12(23-11)22-9-8(18(20)21)10(19)17-6-4-3-5-7(17)14-9/h3-6H,2H2,1H3,(H,13,15). The predicted molar refractivity (Wildman–Crippen MR) is 86.3 cm³/mol. The number of hydrogen-bond acceptors (Lipinski definition) is 9. The second kappa shape index (κ2) is 6.30. The molecule has 9 nitrogen and oxygen atoms in total. The van der Waals surface area contributed by atoms with Crippen LogP contribution in [0.3, 0.4) is 0 Å². The maximum absolute atomic E-state index is 12.3. The van der Waals surface area contributed by atoms with Crippen LogP contribution in [0.1, 0.15) is 6.92 Å². The average Bonchev–Trinajstić information content (AvgIpc) is 2.95. The van der Waals surface area contributed by atoms with Gasteiger partial charge in [0.15, 0.2) is 9.37 Å². The van der Waals surface area contributed by atoms with Gasteiger partial charge in [0.05, 0.1) is 4.92 Å². The lowest BCUT2D eigenvalue weighted by molar-refractivity contribution is -0.389. The maximum Gasteiger partial charge on any atom is 0.366 e. The number of pyridine rings is 1. The van der Waals surface area contributed by atoms with Crippen LogP contribution in [-0.4, -0.2) is 31.1 Å². The van der Waals surface area contributed by atoms with Gasteiger partial charge in [-0.15, -0.1) is 10.2 Å². The van der Waals surface area contributed by atoms with Crippen LogP contribution in [0.2, 0.25) is 0 Å². The van der Waals surface area contributed by atoms with Crippen LogP contribution in [0.4, 0.5) is 10.8 Å². The number of rotatable bonds is 5. The molecule has 11 heteroatoms. The Morgan fingerprint density at radius 3 is 3.00 bits per heavy atom. The van der Waals surface area contributed by atoms with E-state index >= 15 is 0 Å². The number of aromatic nitrogens is 4. The van der Waals surface area contributed by atoms with Crippen molar-refractivity contribution in [2.24, 2.45) is 0 Å². The average molecular weight is 350 g/mol. The minimum absolute atomic E-state index is 0.00500. The fraction of sp³-hybridized carbons (Fsp3) is 0.167. The van der Waals surface area contributed by atoms with Crippen molar-refractivity contribution in [2.75, 3.05) is 11.9 Å². The quantitative estimate of drug-likeness (QED) is 0.422. The molecule has 3 heterocycles. The molecule has 0 aliphatic rings. The molecule has 0 amide bonds. The Bertz CT molecular complexity index is 938. The number of nitro groups is 1. The molecule has 3 aromatic heterocycles. The summed E-state index contributed by atoms with van der Waals surface area (Å²) in [6, 6.07) is 4.93. The van der Waals surface area contributed by atoms with Crippen molar-refractivity contribution in [3.05, 3.63) is 44.9 Å². The molecule has 0 aliphatic heterocycles. The van der Waals surface area contributed by atoms with Gasteiger partial charge in [0.2, 0.25) is 5.13 Å². The first kappa shape index (κ1) is 15.4. The third-order valence-electron chi connectivity index (χ3n) is 2.78. The zero-order chi connectivity index (χ0) is 16.4. The summed E-state index contributed by atoms with van der Waals surface area (Å²) >= 11 is 2.20. The summed E-state index contributed by atoms with van der Waals surface area (Å²) in [5.41, 5.74) is -0.958. The van der Waals surface area contributed by atoms with E-state index in [0.29, 0.717) is 21.7 Å². The van der Waals surface area contributed by atoms with Gasteiger partial charge in [-0.05, 0) is 30.8 Å². The number of nitrogens with zero attached hydrogens (tertiary/aromatic N) is 5. The molecule has 118 valence electrons. The molecule has 0 bridgehead atoms. The van der Waals surface area contributed by atoms with Gasteiger partial charge in [0, 0.05) is 12.7 Å². The van der Waals surface area contributed by atoms with Crippen molar-refractivity contribution in [3.8, 4) is 0 Å². The minimum atomic E-state index is -0.723. The van der Waals surface area contributed by atoms with Crippen molar-refractivity contribution < 1.29 is 4.92 Å². The second-order valence-electron chi connectivity index (χ2n) is 4.26. The SMILES string of the molecule is CCNc1nnc(Sc2nc3ccccn3c(=O)c2[N+](=O)[O-])s1. The first-order valence-corrected chi connectivity index (χ1v) is 8.14. The predicted octanol–water partition coefficient (Wildman–Crippen LogP) is 2.04. The van der Waals surface area contributed by atoms with Crippen molar-refractivity contribution in [1.82, 2.24) is 19.6 Å². The van der Waals surface area contributed by atoms with Crippen molar-refractivity contribution in [2.45, 2.75) is 16.3 Å². The Morgan fingerprint density at radius 1 is 1.43 bits per heavy atom. The van der Waals surface area contributed by atoms with Crippen molar-refractivity contribution in [1.29, 1.82) is 0 Å². The largest absolute Gasteiger partial charge is 0.366 e. The highest BCUT2D eigenvalue weighted by atomic mass is 32.2. The monoisotopic (exact) mass is 350 g/mol. The maximum atomic E-state index is 12.3. The summed E-state index contributed by atoms with van der Waals surface area (Å²) in [4.78, 5) is 27.1. The number of fused-ring (bicyclic) bond motifs is 1. The normalized spacial score (nSPS) is 10.8. The van der Waals surface area contributed by atoms with Gasteiger partial charge >= 0.3 is 11.2 Å². The number of nitrogens with one attached hydrogen (secondary N) is 1. The smallest absolute Gasteiger partial charge is 0.360 e. The summed E-state index contributed by atoms with van der Waals surface area (Å²) in [6.45, 7) is 2.61. The van der Waals surface area contributed by atoms with Crippen molar-refractivity contribution in [3.63, 3.8) is 0 Å². The van der Waals surface area contributed by atoms with E-state index in [2.05, 4.69) is 20.5 Å². The van der Waals surface area contributed by atoms with Crippen LogP contribution >= 0.6 is 23.1 Å². The summed E-state index contributed by atoms with van der Waals surface area (Å²) in [6.07, 6.45) is 1.44. The second-order valence-corrected chi connectivity index (χ2v) is 6.48. The van der Waals surface area contributed by atoms with E-state index in [1.165, 1.54) is 17.5 Å². The molecule has 1 N–H and O–H groups in total. The summed E-state index contributed by atoms with van der Waals surface area (Å²) in [5.74, 6) is 0. The van der Waals surface area contributed by atoms with Gasteiger partial charge in [-0.3, -0.25) is 19.3 Å². The molecule has 0 atom stereocenters. The summed E-state index contributed by atoms with van der Waals surface area (Å²) in [7, 11) is 0. The number of hydrogen-bond donors (Lipinski definition) is 1. The van der Waals surface area contributed by atoms with Gasteiger partial charge in [-0.25, -0.2) is 4.98 Å². The lowest BCUT2D eigenvalue weighted by atomic mass is 10.4. The zero-order valence-corrected chi connectivity index (χ0v) is 13.4. The molecule has 0 spiro atoms. The molecule has 0 aliphatic carbocycles. The molecular weight excluding hydrogens is 340 g/mol. The lowest BCUT2D eigenvalue weighted by Crippen LogP contribution is -2.19. The van der Waals surface area contributed by atoms with Crippen LogP contribution in [0.15, 0.2) is 38.6 Å². The Morgan fingerprint density at radius 2 is 2.26 bits per heavy atom. The molecule has 23 heavy (non-hydrogen) atoms. The van der Waals surface area contributed by atoms with Crippen LogP contribution in [-0.2, 0) is 0 Å². The van der Waals surface area contributed by atoms with E-state index in [1.807, 2.05) is 6.92 Å². The third-order valence-corrected chi connectivity index (χ3v) is 4.69. The van der Waals surface area contributed by atoms with Crippen LogP contribution in [0.5, 0.6) is 0 Å². The van der Waals surface area contributed by atoms with Gasteiger partial charge in [-0.2, -0.15) is 0 Å². The fourth-order valence-electron chi connectivity index (χ4n) is 1.84. The first-order chi connectivity index (χ1) is 11.1. The summed E-state index contributed by atoms with van der Waals surface area (Å²) < 4.78 is 1.61. The van der Waals surface area contributed by atoms with E-state index in [1.54, 1.807) is 18.2 Å². The molecule has 0 saturated carbocycles. The van der Waals surface area contributed by atoms with Crippen LogP contribution in [0.25, 0.3) is 5.65 Å².